The normalized spacial score (nSPS) is 9.67. The highest BCUT2D eigenvalue weighted by molar-refractivity contribution is 7.80. The van der Waals surface area contributed by atoms with Crippen LogP contribution < -0.4 is 11.1 Å². The highest BCUT2D eigenvalue weighted by atomic mass is 32.1. The largest absolute Gasteiger partial charge is 0.481 e. The Hall–Kier alpha value is -1.69. The van der Waals surface area contributed by atoms with Gasteiger partial charge in [-0.3, -0.25) is 4.79 Å². The van der Waals surface area contributed by atoms with Gasteiger partial charge in [0.1, 0.15) is 5.82 Å². The zero-order valence-corrected chi connectivity index (χ0v) is 8.47. The van der Waals surface area contributed by atoms with Crippen LogP contribution in [0.5, 0.6) is 0 Å². The van der Waals surface area contributed by atoms with Crippen LogP contribution in [0.3, 0.4) is 0 Å². The minimum atomic E-state index is -1.05. The number of aliphatic carboxylic acids is 1. The number of halogens is 1. The Kier molecular flexibility index (Phi) is 3.56. The number of nitrogens with one attached hydrogen (secondary N) is 1. The first-order valence-corrected chi connectivity index (χ1v) is 4.46. The van der Waals surface area contributed by atoms with Crippen molar-refractivity contribution in [3.05, 3.63) is 29.6 Å². The Morgan fingerprint density at radius 3 is 2.80 bits per heavy atom. The molecule has 4 N–H and O–H groups in total. The van der Waals surface area contributed by atoms with Crippen LogP contribution in [0.25, 0.3) is 0 Å². The molecule has 6 heteroatoms. The smallest absolute Gasteiger partial charge is 0.307 e. The number of nitrogens with two attached hydrogens (primary N) is 1. The van der Waals surface area contributed by atoms with Crippen LogP contribution >= 0.6 is 12.2 Å². The van der Waals surface area contributed by atoms with E-state index < -0.39 is 11.8 Å². The maximum atomic E-state index is 12.9. The van der Waals surface area contributed by atoms with E-state index in [-0.39, 0.29) is 11.5 Å². The predicted molar refractivity (Wildman–Crippen MR) is 58.1 cm³/mol. The second kappa shape index (κ2) is 4.70. The topological polar surface area (TPSA) is 75.3 Å². The van der Waals surface area contributed by atoms with E-state index in [4.69, 9.17) is 10.8 Å². The van der Waals surface area contributed by atoms with Gasteiger partial charge in [-0.15, -0.1) is 0 Å². The summed E-state index contributed by atoms with van der Waals surface area (Å²) in [6.45, 7) is 0. The average Bonchev–Trinajstić information content (AvgIpc) is 2.08. The van der Waals surface area contributed by atoms with Crippen molar-refractivity contribution in [2.24, 2.45) is 5.73 Å². The second-order valence-corrected chi connectivity index (χ2v) is 3.30. The van der Waals surface area contributed by atoms with E-state index in [1.165, 1.54) is 12.1 Å². The van der Waals surface area contributed by atoms with Crippen LogP contribution in [0.15, 0.2) is 18.2 Å². The molecule has 0 saturated carbocycles. The van der Waals surface area contributed by atoms with Crippen molar-refractivity contribution in [2.75, 3.05) is 5.32 Å². The molecule has 1 aromatic rings. The van der Waals surface area contributed by atoms with Crippen LogP contribution in [0, 0.1) is 5.82 Å². The lowest BCUT2D eigenvalue weighted by atomic mass is 10.1. The third-order valence-corrected chi connectivity index (χ3v) is 1.77. The van der Waals surface area contributed by atoms with Crippen molar-refractivity contribution in [2.45, 2.75) is 6.42 Å². The number of hydrogen-bond acceptors (Lipinski definition) is 2. The van der Waals surface area contributed by atoms with E-state index in [0.29, 0.717) is 11.3 Å². The molecule has 0 bridgehead atoms. The highest BCUT2D eigenvalue weighted by Gasteiger charge is 2.08. The van der Waals surface area contributed by atoms with E-state index in [2.05, 4.69) is 17.5 Å². The highest BCUT2D eigenvalue weighted by Crippen LogP contribution is 2.17. The first-order valence-electron chi connectivity index (χ1n) is 4.05. The Morgan fingerprint density at radius 2 is 2.27 bits per heavy atom. The molecule has 0 amide bonds. The molecule has 1 rings (SSSR count). The second-order valence-electron chi connectivity index (χ2n) is 2.86. The van der Waals surface area contributed by atoms with Crippen LogP contribution in [-0.4, -0.2) is 16.2 Å². The number of carboxylic acids is 1. The fourth-order valence-corrected chi connectivity index (χ4v) is 1.24. The molecule has 80 valence electrons. The molecule has 0 aromatic heterocycles. The molecule has 0 spiro atoms. The number of thiocarbonyl (C=S) groups is 1. The van der Waals surface area contributed by atoms with Gasteiger partial charge in [-0.05, 0) is 36.0 Å². The number of benzene rings is 1. The fourth-order valence-electron chi connectivity index (χ4n) is 1.13. The Labute approximate surface area is 90.9 Å². The molecule has 1 aromatic carbocycles. The molecule has 4 nitrogen and oxygen atoms in total. The van der Waals surface area contributed by atoms with Gasteiger partial charge in [0.05, 0.1) is 6.42 Å². The van der Waals surface area contributed by atoms with Crippen molar-refractivity contribution in [3.8, 4) is 0 Å². The van der Waals surface area contributed by atoms with E-state index in [1.54, 1.807) is 0 Å². The van der Waals surface area contributed by atoms with Gasteiger partial charge in [0.25, 0.3) is 0 Å². The molecule has 0 radical (unpaired) electrons. The third kappa shape index (κ3) is 3.51. The number of rotatable bonds is 3. The first kappa shape index (κ1) is 11.4. The minimum absolute atomic E-state index is 0.00764. The summed E-state index contributed by atoms with van der Waals surface area (Å²) in [5.74, 6) is -1.55. The van der Waals surface area contributed by atoms with Gasteiger partial charge in [0, 0.05) is 5.69 Å². The summed E-state index contributed by atoms with van der Waals surface area (Å²) in [5, 5.41) is 11.2. The Balaban J connectivity index is 3.02. The van der Waals surface area contributed by atoms with E-state index in [0.717, 1.165) is 6.07 Å². The van der Waals surface area contributed by atoms with Crippen molar-refractivity contribution in [1.29, 1.82) is 0 Å². The van der Waals surface area contributed by atoms with Crippen molar-refractivity contribution >= 4 is 29.0 Å². The third-order valence-electron chi connectivity index (χ3n) is 1.67. The predicted octanol–water partition coefficient (Wildman–Crippen LogP) is 1.11. The number of carbonyl (C=O) groups is 1. The zero-order valence-electron chi connectivity index (χ0n) is 7.66. The molecular formula is C9H9FN2O2S. The first-order chi connectivity index (χ1) is 6.99. The molecule has 0 aliphatic heterocycles. The summed E-state index contributed by atoms with van der Waals surface area (Å²) in [4.78, 5) is 10.5. The SMILES string of the molecule is NC(=S)Nc1ccc(F)cc1CC(=O)O. The maximum absolute atomic E-state index is 12.9. The monoisotopic (exact) mass is 228 g/mol. The minimum Gasteiger partial charge on any atom is -0.481 e. The van der Waals surface area contributed by atoms with Crippen molar-refractivity contribution in [3.63, 3.8) is 0 Å². The van der Waals surface area contributed by atoms with Crippen LogP contribution in [0.4, 0.5) is 10.1 Å². The summed E-state index contributed by atoms with van der Waals surface area (Å²) in [7, 11) is 0. The van der Waals surface area contributed by atoms with Gasteiger partial charge in [-0.1, -0.05) is 0 Å². The number of anilines is 1. The van der Waals surface area contributed by atoms with Crippen LogP contribution in [0.1, 0.15) is 5.56 Å². The lowest BCUT2D eigenvalue weighted by Gasteiger charge is -2.09. The zero-order chi connectivity index (χ0) is 11.4. The van der Waals surface area contributed by atoms with Crippen molar-refractivity contribution < 1.29 is 14.3 Å². The summed E-state index contributed by atoms with van der Waals surface area (Å²) in [6.07, 6.45) is -0.289. The quantitative estimate of drug-likeness (QED) is 0.676. The van der Waals surface area contributed by atoms with Crippen molar-refractivity contribution in [1.82, 2.24) is 0 Å². The summed E-state index contributed by atoms with van der Waals surface area (Å²) in [6, 6.07) is 3.73. The maximum Gasteiger partial charge on any atom is 0.307 e. The molecule has 0 aliphatic rings. The summed E-state index contributed by atoms with van der Waals surface area (Å²) < 4.78 is 12.9. The Bertz CT molecular complexity index is 409. The van der Waals surface area contributed by atoms with E-state index >= 15 is 0 Å². The van der Waals surface area contributed by atoms with Gasteiger partial charge in [-0.25, -0.2) is 4.39 Å². The van der Waals surface area contributed by atoms with E-state index in [9.17, 15) is 9.18 Å². The standard InChI is InChI=1S/C9H9FN2O2S/c10-6-1-2-7(12-9(11)15)5(3-6)4-8(13)14/h1-3H,4H2,(H,13,14)(H3,11,12,15). The Morgan fingerprint density at radius 1 is 1.60 bits per heavy atom. The number of carboxylic acid groups (broad SMARTS) is 1. The molecule has 0 aliphatic carbocycles. The molecular weight excluding hydrogens is 219 g/mol. The fraction of sp³-hybridized carbons (Fsp3) is 0.111. The molecule has 15 heavy (non-hydrogen) atoms. The van der Waals surface area contributed by atoms with Gasteiger partial charge in [0.15, 0.2) is 5.11 Å². The number of hydrogen-bond donors (Lipinski definition) is 3. The average molecular weight is 228 g/mol. The molecule has 0 saturated heterocycles. The molecule has 0 atom stereocenters. The van der Waals surface area contributed by atoms with Crippen LogP contribution in [-0.2, 0) is 11.2 Å². The molecule has 0 fully saturated rings. The summed E-state index contributed by atoms with van der Waals surface area (Å²) >= 11 is 4.61. The lowest BCUT2D eigenvalue weighted by molar-refractivity contribution is -0.136. The summed E-state index contributed by atoms with van der Waals surface area (Å²) in [5.41, 5.74) is 5.95. The lowest BCUT2D eigenvalue weighted by Crippen LogP contribution is -2.20. The van der Waals surface area contributed by atoms with Gasteiger partial charge < -0.3 is 16.2 Å². The van der Waals surface area contributed by atoms with Crippen LogP contribution in [0.2, 0.25) is 0 Å². The van der Waals surface area contributed by atoms with Gasteiger partial charge in [0.2, 0.25) is 0 Å². The van der Waals surface area contributed by atoms with Gasteiger partial charge in [-0.2, -0.15) is 0 Å². The van der Waals surface area contributed by atoms with E-state index in [1.807, 2.05) is 0 Å². The van der Waals surface area contributed by atoms with Gasteiger partial charge >= 0.3 is 5.97 Å². The molecule has 0 unspecified atom stereocenters. The molecule has 0 heterocycles.